The molecule has 23 heavy (non-hydrogen) atoms. The Morgan fingerprint density at radius 2 is 1.74 bits per heavy atom. The van der Waals surface area contributed by atoms with Crippen LogP contribution in [0, 0.1) is 13.8 Å². The highest BCUT2D eigenvalue weighted by atomic mass is 16.2. The molecule has 0 saturated carbocycles. The molecule has 0 fully saturated rings. The summed E-state index contributed by atoms with van der Waals surface area (Å²) in [4.78, 5) is 25.0. The van der Waals surface area contributed by atoms with E-state index in [9.17, 15) is 9.59 Å². The third-order valence-corrected chi connectivity index (χ3v) is 3.66. The molecule has 0 bridgehead atoms. The number of hydrogen-bond donors (Lipinski definition) is 1. The minimum Gasteiger partial charge on any atom is -0.320 e. The molecule has 0 atom stereocenters. The Hall–Kier alpha value is -2.95. The van der Waals surface area contributed by atoms with Crippen LogP contribution in [0.3, 0.4) is 0 Å². The van der Waals surface area contributed by atoms with Crippen molar-refractivity contribution in [3.05, 3.63) is 69.5 Å². The fourth-order valence-electron chi connectivity index (χ4n) is 2.71. The summed E-state index contributed by atoms with van der Waals surface area (Å²) in [5.41, 5.74) is 2.97. The summed E-state index contributed by atoms with van der Waals surface area (Å²) in [6, 6.07) is 12.8. The van der Waals surface area contributed by atoms with E-state index in [0.717, 1.165) is 11.1 Å². The second-order valence-electron chi connectivity index (χ2n) is 5.65. The van der Waals surface area contributed by atoms with Gasteiger partial charge in [0.2, 0.25) is 5.43 Å². The average Bonchev–Trinajstić information content (AvgIpc) is 2.50. The third-order valence-electron chi connectivity index (χ3n) is 3.66. The van der Waals surface area contributed by atoms with Crippen LogP contribution in [0.2, 0.25) is 0 Å². The summed E-state index contributed by atoms with van der Waals surface area (Å²) in [5, 5.41) is 7.37. The molecule has 5 nitrogen and oxygen atoms in total. The quantitative estimate of drug-likeness (QED) is 0.792. The second-order valence-corrected chi connectivity index (χ2v) is 5.65. The van der Waals surface area contributed by atoms with Gasteiger partial charge in [-0.3, -0.25) is 14.3 Å². The summed E-state index contributed by atoms with van der Waals surface area (Å²) in [5.74, 6) is -0.499. The van der Waals surface area contributed by atoms with Crippen molar-refractivity contribution in [1.82, 2.24) is 9.78 Å². The zero-order valence-corrected chi connectivity index (χ0v) is 13.3. The van der Waals surface area contributed by atoms with Crippen molar-refractivity contribution in [3.63, 3.8) is 0 Å². The number of nitrogens with zero attached hydrogens (tertiary/aromatic N) is 2. The summed E-state index contributed by atoms with van der Waals surface area (Å²) in [6.45, 7) is 3.91. The molecule has 3 rings (SSSR count). The van der Waals surface area contributed by atoms with Crippen LogP contribution in [0.25, 0.3) is 10.9 Å². The highest BCUT2D eigenvalue weighted by Crippen LogP contribution is 2.15. The van der Waals surface area contributed by atoms with Crippen LogP contribution in [0.1, 0.15) is 21.6 Å². The second kappa shape index (κ2) is 5.68. The lowest BCUT2D eigenvalue weighted by atomic mass is 10.1. The molecule has 0 unspecified atom stereocenters. The Balaban J connectivity index is 2.04. The Labute approximate surface area is 133 Å². The molecular weight excluding hydrogens is 290 g/mol. The number of amides is 1. The number of anilines is 1. The van der Waals surface area contributed by atoms with E-state index in [1.807, 2.05) is 38.1 Å². The van der Waals surface area contributed by atoms with E-state index in [2.05, 4.69) is 10.4 Å². The average molecular weight is 307 g/mol. The molecule has 0 saturated heterocycles. The van der Waals surface area contributed by atoms with Gasteiger partial charge in [0.05, 0.1) is 5.52 Å². The predicted molar refractivity (Wildman–Crippen MR) is 90.9 cm³/mol. The molecular formula is C18H17N3O2. The number of para-hydroxylation sites is 1. The van der Waals surface area contributed by atoms with Crippen LogP contribution < -0.4 is 10.7 Å². The van der Waals surface area contributed by atoms with E-state index in [0.29, 0.717) is 16.6 Å². The molecule has 2 aromatic carbocycles. The van der Waals surface area contributed by atoms with Crippen LogP contribution in [0.4, 0.5) is 5.69 Å². The smallest absolute Gasteiger partial charge is 0.280 e. The first kappa shape index (κ1) is 15.0. The van der Waals surface area contributed by atoms with Crippen molar-refractivity contribution < 1.29 is 4.79 Å². The Morgan fingerprint density at radius 1 is 1.09 bits per heavy atom. The van der Waals surface area contributed by atoms with E-state index in [1.165, 1.54) is 0 Å². The molecule has 0 aliphatic heterocycles. The van der Waals surface area contributed by atoms with Gasteiger partial charge < -0.3 is 5.32 Å². The van der Waals surface area contributed by atoms with Crippen LogP contribution >= 0.6 is 0 Å². The van der Waals surface area contributed by atoms with Crippen LogP contribution in [-0.4, -0.2) is 15.7 Å². The molecule has 1 aromatic heterocycles. The number of rotatable bonds is 2. The number of carbonyl (C=O) groups excluding carboxylic acids is 1. The lowest BCUT2D eigenvalue weighted by Crippen LogP contribution is -2.26. The first-order valence-corrected chi connectivity index (χ1v) is 7.31. The maximum Gasteiger partial charge on any atom is 0.280 e. The molecule has 5 heteroatoms. The summed E-state index contributed by atoms with van der Waals surface area (Å²) < 4.78 is 1.55. The topological polar surface area (TPSA) is 64.0 Å². The van der Waals surface area contributed by atoms with Gasteiger partial charge in [-0.05, 0) is 49.2 Å². The SMILES string of the molecule is Cc1cc(C)cc(NC(=O)c2nn(C)c3ccccc3c2=O)c1. The van der Waals surface area contributed by atoms with E-state index < -0.39 is 5.91 Å². The van der Waals surface area contributed by atoms with Gasteiger partial charge in [-0.1, -0.05) is 18.2 Å². The number of benzene rings is 2. The van der Waals surface area contributed by atoms with Crippen molar-refractivity contribution in [1.29, 1.82) is 0 Å². The normalized spacial score (nSPS) is 10.7. The third kappa shape index (κ3) is 2.85. The monoisotopic (exact) mass is 307 g/mol. The van der Waals surface area contributed by atoms with Gasteiger partial charge >= 0.3 is 0 Å². The van der Waals surface area contributed by atoms with Crippen LogP contribution in [0.15, 0.2) is 47.3 Å². The minimum atomic E-state index is -0.499. The van der Waals surface area contributed by atoms with Gasteiger partial charge in [-0.25, -0.2) is 0 Å². The predicted octanol–water partition coefficient (Wildman–Crippen LogP) is 2.80. The number of nitrogens with one attached hydrogen (secondary N) is 1. The van der Waals surface area contributed by atoms with Crippen molar-refractivity contribution >= 4 is 22.5 Å². The minimum absolute atomic E-state index is 0.106. The lowest BCUT2D eigenvalue weighted by molar-refractivity contribution is 0.101. The van der Waals surface area contributed by atoms with E-state index >= 15 is 0 Å². The highest BCUT2D eigenvalue weighted by Gasteiger charge is 2.16. The molecule has 0 aliphatic rings. The van der Waals surface area contributed by atoms with E-state index in [-0.39, 0.29) is 11.1 Å². The van der Waals surface area contributed by atoms with Gasteiger partial charge in [-0.15, -0.1) is 0 Å². The van der Waals surface area contributed by atoms with E-state index in [1.54, 1.807) is 29.9 Å². The Kier molecular flexibility index (Phi) is 3.70. The molecule has 0 spiro atoms. The first-order valence-electron chi connectivity index (χ1n) is 7.31. The molecule has 1 amide bonds. The number of aromatic nitrogens is 2. The Morgan fingerprint density at radius 3 is 2.43 bits per heavy atom. The number of fused-ring (bicyclic) bond motifs is 1. The zero-order valence-electron chi connectivity index (χ0n) is 13.3. The summed E-state index contributed by atoms with van der Waals surface area (Å²) >= 11 is 0. The van der Waals surface area contributed by atoms with Crippen molar-refractivity contribution in [2.24, 2.45) is 7.05 Å². The fraction of sp³-hybridized carbons (Fsp3) is 0.167. The van der Waals surface area contributed by atoms with Crippen LogP contribution in [0.5, 0.6) is 0 Å². The van der Waals surface area contributed by atoms with Gasteiger partial charge in [0.1, 0.15) is 0 Å². The molecule has 3 aromatic rings. The molecule has 116 valence electrons. The maximum absolute atomic E-state index is 12.5. The first-order chi connectivity index (χ1) is 11.0. The van der Waals surface area contributed by atoms with Gasteiger partial charge in [0.25, 0.3) is 5.91 Å². The number of hydrogen-bond acceptors (Lipinski definition) is 3. The number of carbonyl (C=O) groups is 1. The summed E-state index contributed by atoms with van der Waals surface area (Å²) in [6.07, 6.45) is 0. The van der Waals surface area contributed by atoms with Gasteiger partial charge in [0, 0.05) is 18.1 Å². The molecule has 1 heterocycles. The molecule has 1 N–H and O–H groups in total. The zero-order chi connectivity index (χ0) is 16.6. The standard InChI is InChI=1S/C18H17N3O2/c1-11-8-12(2)10-13(9-11)19-18(23)16-17(22)14-6-4-5-7-15(14)21(3)20-16/h4-10H,1-3H3,(H,19,23). The highest BCUT2D eigenvalue weighted by molar-refractivity contribution is 6.04. The van der Waals surface area contributed by atoms with E-state index in [4.69, 9.17) is 0 Å². The van der Waals surface area contributed by atoms with Crippen molar-refractivity contribution in [2.75, 3.05) is 5.32 Å². The summed E-state index contributed by atoms with van der Waals surface area (Å²) in [7, 11) is 1.72. The lowest BCUT2D eigenvalue weighted by Gasteiger charge is -2.09. The van der Waals surface area contributed by atoms with Crippen molar-refractivity contribution in [3.8, 4) is 0 Å². The van der Waals surface area contributed by atoms with Gasteiger partial charge in [0.15, 0.2) is 5.69 Å². The molecule has 0 radical (unpaired) electrons. The maximum atomic E-state index is 12.5. The van der Waals surface area contributed by atoms with Crippen molar-refractivity contribution in [2.45, 2.75) is 13.8 Å². The van der Waals surface area contributed by atoms with Crippen LogP contribution in [-0.2, 0) is 7.05 Å². The Bertz CT molecular complexity index is 953. The fourth-order valence-corrected chi connectivity index (χ4v) is 2.71. The number of aryl methyl sites for hydroxylation is 3. The van der Waals surface area contributed by atoms with Gasteiger partial charge in [-0.2, -0.15) is 5.10 Å². The molecule has 0 aliphatic carbocycles. The largest absolute Gasteiger partial charge is 0.320 e.